The van der Waals surface area contributed by atoms with Gasteiger partial charge in [-0.3, -0.25) is 9.78 Å². The number of pyridine rings is 1. The normalized spacial score (nSPS) is 10.0. The van der Waals surface area contributed by atoms with E-state index in [4.69, 9.17) is 0 Å². The summed E-state index contributed by atoms with van der Waals surface area (Å²) in [6, 6.07) is 8.36. The second-order valence-corrected chi connectivity index (χ2v) is 4.23. The van der Waals surface area contributed by atoms with Gasteiger partial charge in [0.2, 0.25) is 0 Å². The van der Waals surface area contributed by atoms with Crippen molar-refractivity contribution >= 4 is 27.5 Å². The first kappa shape index (κ1) is 11.7. The summed E-state index contributed by atoms with van der Waals surface area (Å²) in [5.74, 6) is -1.13. The number of halogens is 2. The molecule has 0 fully saturated rings. The van der Waals surface area contributed by atoms with Crippen LogP contribution in [0.3, 0.4) is 0 Å². The highest BCUT2D eigenvalue weighted by Crippen LogP contribution is 2.15. The molecule has 0 atom stereocenters. The zero-order valence-electron chi connectivity index (χ0n) is 8.65. The van der Waals surface area contributed by atoms with Crippen molar-refractivity contribution in [3.63, 3.8) is 0 Å². The average molecular weight is 295 g/mol. The van der Waals surface area contributed by atoms with Gasteiger partial charge in [0.25, 0.3) is 5.91 Å². The van der Waals surface area contributed by atoms with Gasteiger partial charge in [-0.15, -0.1) is 0 Å². The van der Waals surface area contributed by atoms with E-state index in [9.17, 15) is 9.18 Å². The van der Waals surface area contributed by atoms with E-state index in [0.29, 0.717) is 5.69 Å². The molecule has 0 saturated heterocycles. The number of hydrogen-bond acceptors (Lipinski definition) is 2. The van der Waals surface area contributed by atoms with Gasteiger partial charge in [0, 0.05) is 16.4 Å². The molecule has 0 spiro atoms. The minimum absolute atomic E-state index is 0.0251. The second-order valence-electron chi connectivity index (χ2n) is 3.32. The Morgan fingerprint density at radius 3 is 2.59 bits per heavy atom. The third kappa shape index (κ3) is 2.88. The summed E-state index contributed by atoms with van der Waals surface area (Å²) < 4.78 is 14.2. The lowest BCUT2D eigenvalue weighted by atomic mass is 10.2. The maximum atomic E-state index is 13.3. The van der Waals surface area contributed by atoms with Gasteiger partial charge in [0.05, 0.1) is 11.8 Å². The van der Waals surface area contributed by atoms with E-state index >= 15 is 0 Å². The van der Waals surface area contributed by atoms with Crippen LogP contribution in [0.2, 0.25) is 0 Å². The molecule has 1 N–H and O–H groups in total. The molecule has 2 rings (SSSR count). The van der Waals surface area contributed by atoms with Crippen LogP contribution < -0.4 is 5.32 Å². The molecule has 0 aliphatic rings. The van der Waals surface area contributed by atoms with Gasteiger partial charge in [0.1, 0.15) is 0 Å². The molecule has 3 nitrogen and oxygen atoms in total. The van der Waals surface area contributed by atoms with Gasteiger partial charge in [-0.2, -0.15) is 0 Å². The van der Waals surface area contributed by atoms with Gasteiger partial charge in [-0.25, -0.2) is 4.39 Å². The molecule has 0 aliphatic carbocycles. The standard InChI is InChI=1S/C12H8BrFN2O/c13-8-1-3-9(4-2-8)16-12(17)10-5-6-15-7-11(10)14/h1-7H,(H,16,17). The Kier molecular flexibility index (Phi) is 3.49. The molecular formula is C12H8BrFN2O. The molecule has 86 valence electrons. The minimum Gasteiger partial charge on any atom is -0.322 e. The highest BCUT2D eigenvalue weighted by Gasteiger charge is 2.11. The fourth-order valence-corrected chi connectivity index (χ4v) is 1.56. The van der Waals surface area contributed by atoms with Crippen LogP contribution in [0, 0.1) is 5.82 Å². The summed E-state index contributed by atoms with van der Waals surface area (Å²) in [6.07, 6.45) is 2.38. The summed E-state index contributed by atoms with van der Waals surface area (Å²) in [5, 5.41) is 2.60. The highest BCUT2D eigenvalue weighted by molar-refractivity contribution is 9.10. The van der Waals surface area contributed by atoms with E-state index in [-0.39, 0.29) is 5.56 Å². The summed E-state index contributed by atoms with van der Waals surface area (Å²) in [5.41, 5.74) is 0.581. The Balaban J connectivity index is 2.17. The number of anilines is 1. The number of carbonyl (C=O) groups is 1. The molecule has 17 heavy (non-hydrogen) atoms. The molecular weight excluding hydrogens is 287 g/mol. The first-order valence-electron chi connectivity index (χ1n) is 4.83. The number of amides is 1. The summed E-state index contributed by atoms with van der Waals surface area (Å²) >= 11 is 3.29. The quantitative estimate of drug-likeness (QED) is 0.924. The summed E-state index contributed by atoms with van der Waals surface area (Å²) in [6.45, 7) is 0. The number of rotatable bonds is 2. The Hall–Kier alpha value is -1.75. The van der Waals surface area contributed by atoms with Crippen LogP contribution in [0.4, 0.5) is 10.1 Å². The SMILES string of the molecule is O=C(Nc1ccc(Br)cc1)c1ccncc1F. The third-order valence-corrected chi connectivity index (χ3v) is 2.65. The maximum absolute atomic E-state index is 13.3. The molecule has 0 bridgehead atoms. The number of nitrogens with one attached hydrogen (secondary N) is 1. The lowest BCUT2D eigenvalue weighted by Crippen LogP contribution is -2.13. The molecule has 0 unspecified atom stereocenters. The number of benzene rings is 1. The van der Waals surface area contributed by atoms with E-state index in [2.05, 4.69) is 26.2 Å². The zero-order chi connectivity index (χ0) is 12.3. The first-order chi connectivity index (χ1) is 8.16. The largest absolute Gasteiger partial charge is 0.322 e. The Morgan fingerprint density at radius 2 is 1.94 bits per heavy atom. The predicted molar refractivity (Wildman–Crippen MR) is 66.3 cm³/mol. The number of hydrogen-bond donors (Lipinski definition) is 1. The van der Waals surface area contributed by atoms with Crippen LogP contribution in [0.5, 0.6) is 0 Å². The van der Waals surface area contributed by atoms with Crippen LogP contribution in [0.1, 0.15) is 10.4 Å². The molecule has 5 heteroatoms. The van der Waals surface area contributed by atoms with Crippen LogP contribution in [0.25, 0.3) is 0 Å². The Morgan fingerprint density at radius 1 is 1.24 bits per heavy atom. The number of nitrogens with zero attached hydrogens (tertiary/aromatic N) is 1. The van der Waals surface area contributed by atoms with Crippen LogP contribution in [-0.4, -0.2) is 10.9 Å². The number of aromatic nitrogens is 1. The maximum Gasteiger partial charge on any atom is 0.258 e. The van der Waals surface area contributed by atoms with E-state index in [1.54, 1.807) is 24.3 Å². The van der Waals surface area contributed by atoms with Crippen molar-refractivity contribution < 1.29 is 9.18 Å². The lowest BCUT2D eigenvalue weighted by molar-refractivity contribution is 0.102. The van der Waals surface area contributed by atoms with Crippen molar-refractivity contribution in [1.29, 1.82) is 0 Å². The van der Waals surface area contributed by atoms with E-state index in [1.807, 2.05) is 0 Å². The van der Waals surface area contributed by atoms with Crippen molar-refractivity contribution in [2.75, 3.05) is 5.32 Å². The van der Waals surface area contributed by atoms with E-state index < -0.39 is 11.7 Å². The molecule has 1 amide bonds. The van der Waals surface area contributed by atoms with Crippen molar-refractivity contribution in [2.24, 2.45) is 0 Å². The minimum atomic E-state index is -0.637. The topological polar surface area (TPSA) is 42.0 Å². The fourth-order valence-electron chi connectivity index (χ4n) is 1.29. The van der Waals surface area contributed by atoms with Gasteiger partial charge in [0.15, 0.2) is 5.82 Å². The van der Waals surface area contributed by atoms with Gasteiger partial charge in [-0.1, -0.05) is 15.9 Å². The fraction of sp³-hybridized carbons (Fsp3) is 0. The molecule has 1 heterocycles. The Labute approximate surface area is 106 Å². The van der Waals surface area contributed by atoms with Gasteiger partial charge in [-0.05, 0) is 30.3 Å². The molecule has 0 aliphatic heterocycles. The van der Waals surface area contributed by atoms with Crippen LogP contribution in [0.15, 0.2) is 47.2 Å². The van der Waals surface area contributed by atoms with E-state index in [0.717, 1.165) is 10.7 Å². The molecule has 0 radical (unpaired) electrons. The number of carbonyl (C=O) groups excluding carboxylic acids is 1. The smallest absolute Gasteiger partial charge is 0.258 e. The predicted octanol–water partition coefficient (Wildman–Crippen LogP) is 3.24. The van der Waals surface area contributed by atoms with Crippen molar-refractivity contribution in [3.8, 4) is 0 Å². The highest BCUT2D eigenvalue weighted by atomic mass is 79.9. The van der Waals surface area contributed by atoms with Gasteiger partial charge >= 0.3 is 0 Å². The molecule has 0 saturated carbocycles. The molecule has 1 aromatic heterocycles. The molecule has 2 aromatic rings. The van der Waals surface area contributed by atoms with Crippen LogP contribution >= 0.6 is 15.9 Å². The molecule has 1 aromatic carbocycles. The van der Waals surface area contributed by atoms with Crippen molar-refractivity contribution in [3.05, 3.63) is 58.6 Å². The zero-order valence-corrected chi connectivity index (χ0v) is 10.2. The average Bonchev–Trinajstić information content (AvgIpc) is 2.32. The third-order valence-electron chi connectivity index (χ3n) is 2.12. The van der Waals surface area contributed by atoms with E-state index in [1.165, 1.54) is 12.3 Å². The summed E-state index contributed by atoms with van der Waals surface area (Å²) in [4.78, 5) is 15.3. The second kappa shape index (κ2) is 5.05. The van der Waals surface area contributed by atoms with Crippen molar-refractivity contribution in [1.82, 2.24) is 4.98 Å². The van der Waals surface area contributed by atoms with Crippen LogP contribution in [-0.2, 0) is 0 Å². The Bertz CT molecular complexity index is 542. The monoisotopic (exact) mass is 294 g/mol. The lowest BCUT2D eigenvalue weighted by Gasteiger charge is -2.05. The summed E-state index contributed by atoms with van der Waals surface area (Å²) in [7, 11) is 0. The first-order valence-corrected chi connectivity index (χ1v) is 5.62. The van der Waals surface area contributed by atoms with Gasteiger partial charge < -0.3 is 5.32 Å². The van der Waals surface area contributed by atoms with Crippen molar-refractivity contribution in [2.45, 2.75) is 0 Å².